The van der Waals surface area contributed by atoms with E-state index in [0.717, 1.165) is 18.5 Å². The highest BCUT2D eigenvalue weighted by Gasteiger charge is 2.25. The molecule has 0 spiro atoms. The highest BCUT2D eigenvalue weighted by atomic mass is 14.8. The first kappa shape index (κ1) is 12.3. The third-order valence-electron chi connectivity index (χ3n) is 4.40. The summed E-state index contributed by atoms with van der Waals surface area (Å²) in [4.78, 5) is 7.14. The number of rotatable bonds is 2. The molecule has 1 aromatic carbocycles. The number of hydrogen-bond donors (Lipinski definition) is 2. The molecule has 0 aliphatic heterocycles. The zero-order valence-corrected chi connectivity index (χ0v) is 12.2. The topological polar surface area (TPSA) is 31.6 Å². The van der Waals surface area contributed by atoms with E-state index in [1.807, 2.05) is 6.08 Å². The molecule has 0 bridgehead atoms. The van der Waals surface area contributed by atoms with Crippen LogP contribution in [0.5, 0.6) is 0 Å². The Balaban J connectivity index is 0.000000960. The van der Waals surface area contributed by atoms with Gasteiger partial charge in [0.05, 0.1) is 11.4 Å². The molecule has 4 rings (SSSR count). The lowest BCUT2D eigenvalue weighted by Crippen LogP contribution is -2.02. The molecule has 0 radical (unpaired) electrons. The normalized spacial score (nSPS) is 13.6. The third-order valence-corrected chi connectivity index (χ3v) is 4.40. The molecule has 2 N–H and O–H groups in total. The highest BCUT2D eigenvalue weighted by Crippen LogP contribution is 2.39. The second-order valence-electron chi connectivity index (χ2n) is 5.53. The standard InChI is InChI=1S/C19H18N2.2H2/c1-3-7-12-14-10-11-15-13-8-5-6-9-17(13)21-19(15)18(14)20-16(12)4-2;;/h3-9,20-21H,2,10-11H2,1H3;2*1H/b7-3-;;. The number of para-hydroxylation sites is 1. The van der Waals surface area contributed by atoms with Gasteiger partial charge in [-0.1, -0.05) is 36.9 Å². The second kappa shape index (κ2) is 4.52. The minimum Gasteiger partial charge on any atom is -0.353 e. The van der Waals surface area contributed by atoms with E-state index in [4.69, 9.17) is 0 Å². The first-order valence-electron chi connectivity index (χ1n) is 7.43. The summed E-state index contributed by atoms with van der Waals surface area (Å²) >= 11 is 0. The number of fused-ring (bicyclic) bond motifs is 5. The quantitative estimate of drug-likeness (QED) is 0.626. The van der Waals surface area contributed by atoms with Gasteiger partial charge in [0, 0.05) is 25.0 Å². The Morgan fingerprint density at radius 2 is 1.86 bits per heavy atom. The van der Waals surface area contributed by atoms with Gasteiger partial charge >= 0.3 is 0 Å². The van der Waals surface area contributed by atoms with Gasteiger partial charge in [-0.05, 0) is 43.0 Å². The van der Waals surface area contributed by atoms with Crippen LogP contribution in [0.25, 0.3) is 34.4 Å². The maximum Gasteiger partial charge on any atom is 0.0666 e. The average Bonchev–Trinajstić information content (AvgIpc) is 3.06. The van der Waals surface area contributed by atoms with Crippen LogP contribution in [0.4, 0.5) is 0 Å². The van der Waals surface area contributed by atoms with Crippen LogP contribution in [0, 0.1) is 0 Å². The number of benzene rings is 1. The SMILES string of the molecule is C=Cc1[nH]c2c(c1/C=C\C)CCc1c-2[nH]c2ccccc12.[HH].[HH]. The molecule has 0 amide bonds. The molecule has 2 aromatic heterocycles. The zero-order valence-electron chi connectivity index (χ0n) is 12.2. The molecule has 2 heteroatoms. The predicted molar refractivity (Wildman–Crippen MR) is 94.5 cm³/mol. The van der Waals surface area contributed by atoms with E-state index in [2.05, 4.69) is 59.9 Å². The van der Waals surface area contributed by atoms with Crippen molar-refractivity contribution < 1.29 is 2.85 Å². The van der Waals surface area contributed by atoms with Gasteiger partial charge < -0.3 is 9.97 Å². The molecule has 0 fully saturated rings. The summed E-state index contributed by atoms with van der Waals surface area (Å²) in [7, 11) is 0. The lowest BCUT2D eigenvalue weighted by atomic mass is 9.91. The monoisotopic (exact) mass is 278 g/mol. The van der Waals surface area contributed by atoms with E-state index < -0.39 is 0 Å². The third kappa shape index (κ3) is 1.65. The van der Waals surface area contributed by atoms with Gasteiger partial charge in [-0.2, -0.15) is 0 Å². The summed E-state index contributed by atoms with van der Waals surface area (Å²) in [6, 6.07) is 8.55. The summed E-state index contributed by atoms with van der Waals surface area (Å²) in [5, 5.41) is 1.35. The van der Waals surface area contributed by atoms with Gasteiger partial charge in [-0.25, -0.2) is 0 Å². The fourth-order valence-electron chi connectivity index (χ4n) is 3.49. The summed E-state index contributed by atoms with van der Waals surface area (Å²) in [5.74, 6) is 0. The summed E-state index contributed by atoms with van der Waals surface area (Å²) in [6.45, 7) is 6.00. The fourth-order valence-corrected chi connectivity index (χ4v) is 3.49. The number of allylic oxidation sites excluding steroid dienone is 1. The molecule has 0 atom stereocenters. The first-order chi connectivity index (χ1) is 10.3. The average molecular weight is 278 g/mol. The van der Waals surface area contributed by atoms with Crippen LogP contribution in [-0.2, 0) is 12.8 Å². The van der Waals surface area contributed by atoms with Gasteiger partial charge in [0.2, 0.25) is 0 Å². The van der Waals surface area contributed by atoms with E-state index >= 15 is 0 Å². The number of nitrogens with one attached hydrogen (secondary N) is 2. The number of aromatic amines is 2. The minimum absolute atomic E-state index is 0. The Labute approximate surface area is 127 Å². The van der Waals surface area contributed by atoms with Gasteiger partial charge in [-0.3, -0.25) is 0 Å². The van der Waals surface area contributed by atoms with Crippen molar-refractivity contribution in [1.82, 2.24) is 9.97 Å². The van der Waals surface area contributed by atoms with Crippen molar-refractivity contribution in [3.63, 3.8) is 0 Å². The Hall–Kier alpha value is -2.48. The summed E-state index contributed by atoms with van der Waals surface area (Å²) in [5.41, 5.74) is 8.94. The van der Waals surface area contributed by atoms with Crippen LogP contribution in [0.1, 0.15) is 32.2 Å². The number of aromatic nitrogens is 2. The van der Waals surface area contributed by atoms with Gasteiger partial charge in [0.25, 0.3) is 0 Å². The Morgan fingerprint density at radius 3 is 2.67 bits per heavy atom. The van der Waals surface area contributed by atoms with Gasteiger partial charge in [0.15, 0.2) is 0 Å². The van der Waals surface area contributed by atoms with Crippen molar-refractivity contribution in [1.29, 1.82) is 0 Å². The molecule has 108 valence electrons. The molecule has 3 aromatic rings. The van der Waals surface area contributed by atoms with Crippen molar-refractivity contribution in [2.45, 2.75) is 19.8 Å². The van der Waals surface area contributed by atoms with Crippen molar-refractivity contribution in [3.05, 3.63) is 59.3 Å². The van der Waals surface area contributed by atoms with Crippen LogP contribution >= 0.6 is 0 Å². The van der Waals surface area contributed by atoms with Crippen LogP contribution in [0.15, 0.2) is 36.9 Å². The first-order valence-corrected chi connectivity index (χ1v) is 7.43. The van der Waals surface area contributed by atoms with Crippen LogP contribution in [0.2, 0.25) is 0 Å². The number of aryl methyl sites for hydroxylation is 1. The van der Waals surface area contributed by atoms with Crippen molar-refractivity contribution in [2.24, 2.45) is 0 Å². The molecule has 2 nitrogen and oxygen atoms in total. The molecule has 0 saturated carbocycles. The minimum atomic E-state index is 0. The lowest BCUT2D eigenvalue weighted by Gasteiger charge is -2.13. The van der Waals surface area contributed by atoms with Crippen LogP contribution < -0.4 is 0 Å². The highest BCUT2D eigenvalue weighted by molar-refractivity contribution is 5.92. The largest absolute Gasteiger partial charge is 0.353 e. The smallest absolute Gasteiger partial charge is 0.0666 e. The van der Waals surface area contributed by atoms with E-state index in [-0.39, 0.29) is 2.85 Å². The molecule has 0 unspecified atom stereocenters. The van der Waals surface area contributed by atoms with Gasteiger partial charge in [0.1, 0.15) is 0 Å². The van der Waals surface area contributed by atoms with Crippen molar-refractivity contribution in [3.8, 4) is 11.4 Å². The number of hydrogen-bond acceptors (Lipinski definition) is 0. The predicted octanol–water partition coefficient (Wildman–Crippen LogP) is 5.43. The summed E-state index contributed by atoms with van der Waals surface area (Å²) in [6.07, 6.45) is 8.35. The Morgan fingerprint density at radius 1 is 1.10 bits per heavy atom. The van der Waals surface area contributed by atoms with E-state index in [1.165, 1.54) is 39.0 Å². The maximum atomic E-state index is 3.94. The Kier molecular flexibility index (Phi) is 2.64. The van der Waals surface area contributed by atoms with E-state index in [9.17, 15) is 0 Å². The van der Waals surface area contributed by atoms with Gasteiger partial charge in [-0.15, -0.1) is 0 Å². The van der Waals surface area contributed by atoms with E-state index in [0.29, 0.717) is 0 Å². The summed E-state index contributed by atoms with van der Waals surface area (Å²) < 4.78 is 0. The molecule has 1 aliphatic carbocycles. The molecule has 21 heavy (non-hydrogen) atoms. The van der Waals surface area contributed by atoms with Crippen LogP contribution in [-0.4, -0.2) is 9.97 Å². The maximum absolute atomic E-state index is 3.94. The number of H-pyrrole nitrogens is 2. The Bertz CT molecular complexity index is 884. The molecule has 1 aliphatic rings. The lowest BCUT2D eigenvalue weighted by molar-refractivity contribution is 0.945. The van der Waals surface area contributed by atoms with Crippen molar-refractivity contribution >= 4 is 23.1 Å². The van der Waals surface area contributed by atoms with Crippen molar-refractivity contribution in [2.75, 3.05) is 0 Å². The van der Waals surface area contributed by atoms with E-state index in [1.54, 1.807) is 0 Å². The second-order valence-corrected chi connectivity index (χ2v) is 5.53. The van der Waals surface area contributed by atoms with Crippen LogP contribution in [0.3, 0.4) is 0 Å². The molecular formula is C19H22N2. The fraction of sp³-hybridized carbons (Fsp3) is 0.158. The zero-order chi connectivity index (χ0) is 14.4. The molecular weight excluding hydrogens is 256 g/mol. The molecule has 0 saturated heterocycles. The molecule has 2 heterocycles.